The number of anilines is 1. The van der Waals surface area contributed by atoms with Crippen molar-refractivity contribution in [1.82, 2.24) is 0 Å². The highest BCUT2D eigenvalue weighted by atomic mass is 19.1. The van der Waals surface area contributed by atoms with Crippen molar-refractivity contribution in [2.75, 3.05) is 19.0 Å². The molecule has 1 aliphatic rings. The molecule has 0 amide bonds. The summed E-state index contributed by atoms with van der Waals surface area (Å²) in [7, 11) is 3.90. The van der Waals surface area contributed by atoms with E-state index in [9.17, 15) is 9.18 Å². The average Bonchev–Trinajstić information content (AvgIpc) is 2.91. The van der Waals surface area contributed by atoms with E-state index in [0.29, 0.717) is 5.56 Å². The molecular weight excluding hydrogens is 295 g/mol. The molecule has 0 fully saturated rings. The molecule has 0 radical (unpaired) electrons. The van der Waals surface area contributed by atoms with Crippen molar-refractivity contribution in [3.63, 3.8) is 0 Å². The lowest BCUT2D eigenvalue weighted by Gasteiger charge is -2.12. The third-order valence-corrected chi connectivity index (χ3v) is 3.42. The van der Waals surface area contributed by atoms with E-state index in [1.807, 2.05) is 43.3 Å². The fraction of sp³-hybridized carbons (Fsp3) is 0.111. The van der Waals surface area contributed by atoms with Crippen molar-refractivity contribution in [2.24, 2.45) is 4.99 Å². The summed E-state index contributed by atoms with van der Waals surface area (Å²) in [6, 6.07) is 13.4. The largest absolute Gasteiger partial charge is 0.402 e. The molecule has 2 aromatic rings. The molecule has 23 heavy (non-hydrogen) atoms. The third-order valence-electron chi connectivity index (χ3n) is 3.42. The van der Waals surface area contributed by atoms with Gasteiger partial charge in [0.2, 0.25) is 5.90 Å². The second kappa shape index (κ2) is 6.04. The Hall–Kier alpha value is -2.95. The number of benzene rings is 2. The van der Waals surface area contributed by atoms with Crippen molar-refractivity contribution in [2.45, 2.75) is 0 Å². The number of hydrogen-bond acceptors (Lipinski definition) is 4. The Bertz CT molecular complexity index is 791. The average molecular weight is 310 g/mol. The minimum atomic E-state index is -0.513. The second-order valence-electron chi connectivity index (χ2n) is 5.33. The van der Waals surface area contributed by atoms with Crippen LogP contribution in [0.15, 0.2) is 59.2 Å². The van der Waals surface area contributed by atoms with Gasteiger partial charge in [0.1, 0.15) is 5.82 Å². The van der Waals surface area contributed by atoms with Gasteiger partial charge >= 0.3 is 5.97 Å². The molecule has 0 N–H and O–H groups in total. The van der Waals surface area contributed by atoms with E-state index in [0.717, 1.165) is 11.3 Å². The van der Waals surface area contributed by atoms with Crippen LogP contribution in [0.4, 0.5) is 10.1 Å². The van der Waals surface area contributed by atoms with Gasteiger partial charge in [-0.3, -0.25) is 0 Å². The number of aliphatic imine (C=N–C) groups is 1. The molecule has 0 atom stereocenters. The van der Waals surface area contributed by atoms with Crippen LogP contribution in [0.1, 0.15) is 11.1 Å². The SMILES string of the molecule is CN(C)c1ccc(C2=N/C(=C\c3ccc(F)cc3)C(=O)O2)cc1. The van der Waals surface area contributed by atoms with E-state index in [2.05, 4.69) is 4.99 Å². The van der Waals surface area contributed by atoms with Gasteiger partial charge in [0.25, 0.3) is 0 Å². The van der Waals surface area contributed by atoms with E-state index >= 15 is 0 Å². The van der Waals surface area contributed by atoms with Crippen LogP contribution in [0.3, 0.4) is 0 Å². The maximum atomic E-state index is 12.9. The molecule has 0 bridgehead atoms. The van der Waals surface area contributed by atoms with E-state index in [-0.39, 0.29) is 17.4 Å². The lowest BCUT2D eigenvalue weighted by atomic mass is 10.2. The number of carbonyl (C=O) groups is 1. The Morgan fingerprint density at radius 3 is 2.30 bits per heavy atom. The Morgan fingerprint density at radius 2 is 1.70 bits per heavy atom. The summed E-state index contributed by atoms with van der Waals surface area (Å²) >= 11 is 0. The van der Waals surface area contributed by atoms with Gasteiger partial charge in [-0.15, -0.1) is 0 Å². The van der Waals surface area contributed by atoms with Crippen LogP contribution in [0.5, 0.6) is 0 Å². The fourth-order valence-electron chi connectivity index (χ4n) is 2.15. The van der Waals surface area contributed by atoms with Crippen molar-refractivity contribution in [3.05, 3.63) is 71.2 Å². The van der Waals surface area contributed by atoms with Gasteiger partial charge in [0.05, 0.1) is 0 Å². The van der Waals surface area contributed by atoms with Crippen LogP contribution in [0.2, 0.25) is 0 Å². The van der Waals surface area contributed by atoms with Crippen molar-refractivity contribution in [1.29, 1.82) is 0 Å². The smallest absolute Gasteiger partial charge is 0.363 e. The zero-order valence-corrected chi connectivity index (χ0v) is 12.8. The summed E-state index contributed by atoms with van der Waals surface area (Å²) in [6.07, 6.45) is 1.57. The molecule has 1 aliphatic heterocycles. The molecule has 0 saturated carbocycles. The Balaban J connectivity index is 1.87. The highest BCUT2D eigenvalue weighted by Gasteiger charge is 2.24. The van der Waals surface area contributed by atoms with Gasteiger partial charge < -0.3 is 9.64 Å². The molecule has 0 spiro atoms. The molecule has 5 heteroatoms. The molecular formula is C18H15FN2O2. The number of hydrogen-bond donors (Lipinski definition) is 0. The van der Waals surface area contributed by atoms with E-state index < -0.39 is 5.97 Å². The summed E-state index contributed by atoms with van der Waals surface area (Å²) in [5.74, 6) is -0.569. The number of cyclic esters (lactones) is 1. The zero-order valence-electron chi connectivity index (χ0n) is 12.8. The summed E-state index contributed by atoms with van der Waals surface area (Å²) in [6.45, 7) is 0. The summed E-state index contributed by atoms with van der Waals surface area (Å²) in [4.78, 5) is 18.1. The standard InChI is InChI=1S/C18H15FN2O2/c1-21(2)15-9-5-13(6-10-15)17-20-16(18(22)23-17)11-12-3-7-14(19)8-4-12/h3-11H,1-2H3/b16-11-. The minimum absolute atomic E-state index is 0.197. The van der Waals surface area contributed by atoms with Crippen LogP contribution in [-0.2, 0) is 9.53 Å². The van der Waals surface area contributed by atoms with Gasteiger partial charge in [-0.25, -0.2) is 14.2 Å². The molecule has 116 valence electrons. The van der Waals surface area contributed by atoms with Gasteiger partial charge in [0, 0.05) is 25.3 Å². The molecule has 1 heterocycles. The fourth-order valence-corrected chi connectivity index (χ4v) is 2.15. The maximum Gasteiger partial charge on any atom is 0.363 e. The highest BCUT2D eigenvalue weighted by Crippen LogP contribution is 2.21. The van der Waals surface area contributed by atoms with Gasteiger partial charge in [0.15, 0.2) is 5.70 Å². The van der Waals surface area contributed by atoms with Crippen LogP contribution >= 0.6 is 0 Å². The van der Waals surface area contributed by atoms with E-state index in [1.54, 1.807) is 18.2 Å². The number of ether oxygens (including phenoxy) is 1. The predicted molar refractivity (Wildman–Crippen MR) is 87.8 cm³/mol. The minimum Gasteiger partial charge on any atom is -0.402 e. The first-order valence-corrected chi connectivity index (χ1v) is 7.09. The highest BCUT2D eigenvalue weighted by molar-refractivity contribution is 6.12. The first kappa shape index (κ1) is 15.0. The number of halogens is 1. The lowest BCUT2D eigenvalue weighted by Crippen LogP contribution is -2.09. The molecule has 0 saturated heterocycles. The second-order valence-corrected chi connectivity index (χ2v) is 5.33. The lowest BCUT2D eigenvalue weighted by molar-refractivity contribution is -0.129. The van der Waals surface area contributed by atoms with E-state index in [4.69, 9.17) is 4.74 Å². The van der Waals surface area contributed by atoms with Crippen LogP contribution in [-0.4, -0.2) is 26.0 Å². The quantitative estimate of drug-likeness (QED) is 0.645. The number of nitrogens with zero attached hydrogens (tertiary/aromatic N) is 2. The predicted octanol–water partition coefficient (Wildman–Crippen LogP) is 3.24. The third kappa shape index (κ3) is 3.29. The van der Waals surface area contributed by atoms with Crippen molar-refractivity contribution >= 4 is 23.6 Å². The Morgan fingerprint density at radius 1 is 1.04 bits per heavy atom. The zero-order chi connectivity index (χ0) is 16.4. The first-order chi connectivity index (χ1) is 11.0. The number of esters is 1. The monoisotopic (exact) mass is 310 g/mol. The summed E-state index contributed by atoms with van der Waals surface area (Å²) in [5.41, 5.74) is 2.65. The van der Waals surface area contributed by atoms with Crippen LogP contribution in [0.25, 0.3) is 6.08 Å². The normalized spacial score (nSPS) is 15.5. The van der Waals surface area contributed by atoms with Crippen molar-refractivity contribution in [3.8, 4) is 0 Å². The topological polar surface area (TPSA) is 41.9 Å². The summed E-state index contributed by atoms with van der Waals surface area (Å²) < 4.78 is 18.1. The van der Waals surface area contributed by atoms with Gasteiger partial charge in [-0.2, -0.15) is 0 Å². The molecule has 2 aromatic carbocycles. The van der Waals surface area contributed by atoms with Crippen molar-refractivity contribution < 1.29 is 13.9 Å². The number of carbonyl (C=O) groups excluding carboxylic acids is 1. The molecule has 4 nitrogen and oxygen atoms in total. The molecule has 3 rings (SSSR count). The van der Waals surface area contributed by atoms with Crippen LogP contribution in [0, 0.1) is 5.82 Å². The number of rotatable bonds is 3. The Labute approximate surface area is 133 Å². The molecule has 0 unspecified atom stereocenters. The van der Waals surface area contributed by atoms with Crippen LogP contribution < -0.4 is 4.90 Å². The maximum absolute atomic E-state index is 12.9. The molecule has 0 aliphatic carbocycles. The molecule has 0 aromatic heterocycles. The van der Waals surface area contributed by atoms with Gasteiger partial charge in [-0.05, 0) is 48.0 Å². The van der Waals surface area contributed by atoms with Gasteiger partial charge in [-0.1, -0.05) is 12.1 Å². The van der Waals surface area contributed by atoms with E-state index in [1.165, 1.54) is 12.1 Å². The first-order valence-electron chi connectivity index (χ1n) is 7.09. The summed E-state index contributed by atoms with van der Waals surface area (Å²) in [5, 5.41) is 0. The Kier molecular flexibility index (Phi) is 3.93.